The summed E-state index contributed by atoms with van der Waals surface area (Å²) in [5, 5.41) is 3.35. The molecule has 2 aliphatic carbocycles. The third-order valence-corrected chi connectivity index (χ3v) is 6.90. The fourth-order valence-electron chi connectivity index (χ4n) is 5.29. The van der Waals surface area contributed by atoms with Gasteiger partial charge in [0.1, 0.15) is 0 Å². The SMILES string of the molecule is O=C(N[C@@H]1CCO[C@H](C2CC2)C1)N1CCCC2(CCCCCC2)C1. The molecule has 4 aliphatic rings. The summed E-state index contributed by atoms with van der Waals surface area (Å²) in [6, 6.07) is 0.517. The van der Waals surface area contributed by atoms with Crippen LogP contribution in [-0.2, 0) is 4.74 Å². The molecule has 0 unspecified atom stereocenters. The Morgan fingerprint density at radius 3 is 2.50 bits per heavy atom. The van der Waals surface area contributed by atoms with Gasteiger partial charge in [-0.1, -0.05) is 25.7 Å². The summed E-state index contributed by atoms with van der Waals surface area (Å²) in [5.74, 6) is 0.772. The van der Waals surface area contributed by atoms with Crippen LogP contribution in [0.25, 0.3) is 0 Å². The highest BCUT2D eigenvalue weighted by Crippen LogP contribution is 2.42. The van der Waals surface area contributed by atoms with Gasteiger partial charge in [-0.3, -0.25) is 0 Å². The van der Waals surface area contributed by atoms with E-state index in [1.807, 2.05) is 0 Å². The molecule has 2 atom stereocenters. The molecule has 0 radical (unpaired) electrons. The molecule has 0 bridgehead atoms. The lowest BCUT2D eigenvalue weighted by Gasteiger charge is -2.43. The van der Waals surface area contributed by atoms with Crippen molar-refractivity contribution in [1.82, 2.24) is 10.2 Å². The smallest absolute Gasteiger partial charge is 0.317 e. The van der Waals surface area contributed by atoms with Crippen LogP contribution in [0.1, 0.15) is 77.0 Å². The zero-order valence-corrected chi connectivity index (χ0v) is 15.1. The monoisotopic (exact) mass is 334 g/mol. The lowest BCUT2D eigenvalue weighted by atomic mass is 9.74. The molecule has 2 saturated heterocycles. The Kier molecular flexibility index (Phi) is 5.03. The summed E-state index contributed by atoms with van der Waals surface area (Å²) >= 11 is 0. The quantitative estimate of drug-likeness (QED) is 0.826. The second-order valence-corrected chi connectivity index (χ2v) is 8.86. The van der Waals surface area contributed by atoms with Crippen molar-refractivity contribution in [3.63, 3.8) is 0 Å². The van der Waals surface area contributed by atoms with Crippen molar-refractivity contribution in [1.29, 1.82) is 0 Å². The standard InChI is InChI=1S/C20H34N2O2/c23-19(21-17-8-13-24-18(14-17)16-6-7-16)22-12-5-11-20(15-22)9-3-1-2-4-10-20/h16-18H,1-15H2,(H,21,23)/t17-,18+/m1/s1. The van der Waals surface area contributed by atoms with Crippen molar-refractivity contribution in [3.05, 3.63) is 0 Å². The summed E-state index contributed by atoms with van der Waals surface area (Å²) in [4.78, 5) is 15.0. The van der Waals surface area contributed by atoms with Gasteiger partial charge in [-0.2, -0.15) is 0 Å². The summed E-state index contributed by atoms with van der Waals surface area (Å²) in [6.45, 7) is 2.76. The fourth-order valence-corrected chi connectivity index (χ4v) is 5.29. The highest BCUT2D eigenvalue weighted by Gasteiger charge is 2.39. The first kappa shape index (κ1) is 16.7. The van der Waals surface area contributed by atoms with Crippen molar-refractivity contribution in [2.24, 2.45) is 11.3 Å². The average molecular weight is 335 g/mol. The first-order valence-electron chi connectivity index (χ1n) is 10.4. The van der Waals surface area contributed by atoms with Gasteiger partial charge in [0.05, 0.1) is 6.10 Å². The van der Waals surface area contributed by atoms with E-state index in [4.69, 9.17) is 4.74 Å². The number of nitrogens with one attached hydrogen (secondary N) is 1. The number of nitrogens with zero attached hydrogens (tertiary/aromatic N) is 1. The van der Waals surface area contributed by atoms with Crippen molar-refractivity contribution in [2.75, 3.05) is 19.7 Å². The minimum atomic E-state index is 0.194. The molecular formula is C20H34N2O2. The maximum Gasteiger partial charge on any atom is 0.317 e. The minimum Gasteiger partial charge on any atom is -0.378 e. The first-order valence-corrected chi connectivity index (χ1v) is 10.4. The van der Waals surface area contributed by atoms with Gasteiger partial charge in [0, 0.05) is 25.7 Å². The van der Waals surface area contributed by atoms with Crippen molar-refractivity contribution in [2.45, 2.75) is 89.2 Å². The summed E-state index contributed by atoms with van der Waals surface area (Å²) in [6.07, 6.45) is 15.7. The number of rotatable bonds is 2. The molecule has 2 saturated carbocycles. The van der Waals surface area contributed by atoms with Crippen LogP contribution in [0.3, 0.4) is 0 Å². The molecule has 4 rings (SSSR count). The van der Waals surface area contributed by atoms with Gasteiger partial charge in [0.25, 0.3) is 0 Å². The van der Waals surface area contributed by atoms with Crippen LogP contribution in [0.15, 0.2) is 0 Å². The topological polar surface area (TPSA) is 41.6 Å². The number of hydrogen-bond acceptors (Lipinski definition) is 2. The van der Waals surface area contributed by atoms with E-state index in [9.17, 15) is 4.79 Å². The molecule has 0 aromatic carbocycles. The largest absolute Gasteiger partial charge is 0.378 e. The average Bonchev–Trinajstić information content (AvgIpc) is 3.44. The normalized spacial score (nSPS) is 33.9. The third kappa shape index (κ3) is 3.89. The molecule has 2 heterocycles. The molecular weight excluding hydrogens is 300 g/mol. The van der Waals surface area contributed by atoms with E-state index in [0.717, 1.165) is 38.5 Å². The summed E-state index contributed by atoms with van der Waals surface area (Å²) < 4.78 is 5.90. The Hall–Kier alpha value is -0.770. The summed E-state index contributed by atoms with van der Waals surface area (Å²) in [7, 11) is 0. The van der Waals surface area contributed by atoms with Crippen LogP contribution in [0.4, 0.5) is 4.79 Å². The maximum atomic E-state index is 12.8. The summed E-state index contributed by atoms with van der Waals surface area (Å²) in [5.41, 5.74) is 0.429. The minimum absolute atomic E-state index is 0.194. The predicted octanol–water partition coefficient (Wildman–Crippen LogP) is 4.09. The number of carbonyl (C=O) groups excluding carboxylic acids is 1. The van der Waals surface area contributed by atoms with Crippen molar-refractivity contribution in [3.8, 4) is 0 Å². The highest BCUT2D eigenvalue weighted by molar-refractivity contribution is 5.74. The van der Waals surface area contributed by atoms with Crippen LogP contribution in [0.2, 0.25) is 0 Å². The number of urea groups is 1. The number of hydrogen-bond donors (Lipinski definition) is 1. The number of amides is 2. The molecule has 136 valence electrons. The molecule has 2 aliphatic heterocycles. The van der Waals surface area contributed by atoms with Crippen molar-refractivity contribution < 1.29 is 9.53 Å². The number of ether oxygens (including phenoxy) is 1. The van der Waals surface area contributed by atoms with E-state index in [1.54, 1.807) is 0 Å². The molecule has 4 nitrogen and oxygen atoms in total. The zero-order valence-electron chi connectivity index (χ0n) is 15.1. The highest BCUT2D eigenvalue weighted by atomic mass is 16.5. The van der Waals surface area contributed by atoms with Gasteiger partial charge in [-0.05, 0) is 62.7 Å². The molecule has 24 heavy (non-hydrogen) atoms. The van der Waals surface area contributed by atoms with Crippen LogP contribution >= 0.6 is 0 Å². The molecule has 1 N–H and O–H groups in total. The van der Waals surface area contributed by atoms with E-state index in [1.165, 1.54) is 64.2 Å². The first-order chi connectivity index (χ1) is 11.7. The molecule has 2 amide bonds. The molecule has 0 aromatic heterocycles. The fraction of sp³-hybridized carbons (Fsp3) is 0.950. The molecule has 0 aromatic rings. The van der Waals surface area contributed by atoms with Crippen molar-refractivity contribution >= 4 is 6.03 Å². The zero-order chi connectivity index (χ0) is 16.4. The van der Waals surface area contributed by atoms with E-state index in [2.05, 4.69) is 10.2 Å². The Morgan fingerprint density at radius 1 is 1.00 bits per heavy atom. The van der Waals surface area contributed by atoms with E-state index in [0.29, 0.717) is 17.6 Å². The lowest BCUT2D eigenvalue weighted by molar-refractivity contribution is -0.0105. The molecule has 4 heteroatoms. The lowest BCUT2D eigenvalue weighted by Crippen LogP contribution is -2.53. The van der Waals surface area contributed by atoms with Gasteiger partial charge in [-0.15, -0.1) is 0 Å². The Morgan fingerprint density at radius 2 is 1.75 bits per heavy atom. The Balaban J connectivity index is 1.31. The number of piperidine rings is 1. The second kappa shape index (κ2) is 7.23. The Labute approximate surface area is 146 Å². The van der Waals surface area contributed by atoms with E-state index >= 15 is 0 Å². The number of carbonyl (C=O) groups is 1. The van der Waals surface area contributed by atoms with Crippen LogP contribution in [-0.4, -0.2) is 42.8 Å². The van der Waals surface area contributed by atoms with E-state index < -0.39 is 0 Å². The van der Waals surface area contributed by atoms with Gasteiger partial charge < -0.3 is 15.0 Å². The molecule has 1 spiro atoms. The predicted molar refractivity (Wildman–Crippen MR) is 95.0 cm³/mol. The van der Waals surface area contributed by atoms with E-state index in [-0.39, 0.29) is 6.03 Å². The van der Waals surface area contributed by atoms with Gasteiger partial charge in [-0.25, -0.2) is 4.79 Å². The number of likely N-dealkylation sites (tertiary alicyclic amines) is 1. The molecule has 4 fully saturated rings. The Bertz CT molecular complexity index is 441. The van der Waals surface area contributed by atoms with Crippen LogP contribution in [0.5, 0.6) is 0 Å². The van der Waals surface area contributed by atoms with Crippen LogP contribution in [0, 0.1) is 11.3 Å². The maximum absolute atomic E-state index is 12.8. The van der Waals surface area contributed by atoms with Gasteiger partial charge >= 0.3 is 6.03 Å². The second-order valence-electron chi connectivity index (χ2n) is 8.86. The van der Waals surface area contributed by atoms with Gasteiger partial charge in [0.15, 0.2) is 0 Å². The third-order valence-electron chi connectivity index (χ3n) is 6.90. The van der Waals surface area contributed by atoms with Gasteiger partial charge in [0.2, 0.25) is 0 Å². The van der Waals surface area contributed by atoms with Crippen LogP contribution < -0.4 is 5.32 Å².